The predicted molar refractivity (Wildman–Crippen MR) is 83.0 cm³/mol. The van der Waals surface area contributed by atoms with Crippen LogP contribution in [-0.4, -0.2) is 17.4 Å². The molecular formula is C16H17FN2OS. The SMILES string of the molecule is Cc1cc(N)cc(C(=O)N2CCc3sccc3C2C)c1F. The second kappa shape index (κ2) is 5.15. The molecule has 0 radical (unpaired) electrons. The molecule has 2 aromatic rings. The monoisotopic (exact) mass is 304 g/mol. The summed E-state index contributed by atoms with van der Waals surface area (Å²) in [6.45, 7) is 4.22. The van der Waals surface area contributed by atoms with Crippen LogP contribution in [0.2, 0.25) is 0 Å². The molecule has 1 aliphatic rings. The molecule has 0 fully saturated rings. The lowest BCUT2D eigenvalue weighted by molar-refractivity contribution is 0.0674. The number of anilines is 1. The summed E-state index contributed by atoms with van der Waals surface area (Å²) in [4.78, 5) is 15.7. The van der Waals surface area contributed by atoms with E-state index in [-0.39, 0.29) is 17.5 Å². The molecule has 1 aliphatic heterocycles. The van der Waals surface area contributed by atoms with Gasteiger partial charge in [0.1, 0.15) is 5.82 Å². The van der Waals surface area contributed by atoms with Gasteiger partial charge in [0.05, 0.1) is 11.6 Å². The maximum atomic E-state index is 14.2. The van der Waals surface area contributed by atoms with E-state index in [0.717, 1.165) is 6.42 Å². The van der Waals surface area contributed by atoms with Crippen LogP contribution in [0.15, 0.2) is 23.6 Å². The Morgan fingerprint density at radius 3 is 3.00 bits per heavy atom. The van der Waals surface area contributed by atoms with Gasteiger partial charge in [-0.25, -0.2) is 4.39 Å². The number of aryl methyl sites for hydroxylation is 1. The highest BCUT2D eigenvalue weighted by Crippen LogP contribution is 2.34. The van der Waals surface area contributed by atoms with Crippen LogP contribution in [0, 0.1) is 12.7 Å². The fourth-order valence-electron chi connectivity index (χ4n) is 2.89. The van der Waals surface area contributed by atoms with Gasteiger partial charge in [0.2, 0.25) is 0 Å². The average Bonchev–Trinajstić information content (AvgIpc) is 2.92. The standard InChI is InChI=1S/C16H17FN2OS/c1-9-7-11(18)8-13(15(9)17)16(20)19-5-3-14-12(10(19)2)4-6-21-14/h4,6-8,10H,3,5,18H2,1-2H3. The van der Waals surface area contributed by atoms with Crippen LogP contribution in [-0.2, 0) is 6.42 Å². The number of carbonyl (C=O) groups excluding carboxylic acids is 1. The maximum absolute atomic E-state index is 14.2. The van der Waals surface area contributed by atoms with E-state index in [4.69, 9.17) is 5.73 Å². The maximum Gasteiger partial charge on any atom is 0.257 e. The van der Waals surface area contributed by atoms with E-state index in [1.165, 1.54) is 16.5 Å². The van der Waals surface area contributed by atoms with E-state index in [9.17, 15) is 9.18 Å². The highest BCUT2D eigenvalue weighted by Gasteiger charge is 2.30. The largest absolute Gasteiger partial charge is 0.399 e. The van der Waals surface area contributed by atoms with Crippen LogP contribution in [0.25, 0.3) is 0 Å². The zero-order valence-electron chi connectivity index (χ0n) is 12.0. The minimum atomic E-state index is -0.475. The summed E-state index contributed by atoms with van der Waals surface area (Å²) in [7, 11) is 0. The minimum Gasteiger partial charge on any atom is -0.399 e. The van der Waals surface area contributed by atoms with Crippen LogP contribution in [0.1, 0.15) is 39.3 Å². The molecule has 1 amide bonds. The highest BCUT2D eigenvalue weighted by molar-refractivity contribution is 7.10. The number of nitrogen functional groups attached to an aromatic ring is 1. The zero-order chi connectivity index (χ0) is 15.1. The van der Waals surface area contributed by atoms with Gasteiger partial charge >= 0.3 is 0 Å². The number of benzene rings is 1. The highest BCUT2D eigenvalue weighted by atomic mass is 32.1. The summed E-state index contributed by atoms with van der Waals surface area (Å²) in [5, 5.41) is 2.04. The Kier molecular flexibility index (Phi) is 3.45. The summed E-state index contributed by atoms with van der Waals surface area (Å²) in [5.74, 6) is -0.759. The lowest BCUT2D eigenvalue weighted by Crippen LogP contribution is -2.38. The van der Waals surface area contributed by atoms with Gasteiger partial charge in [-0.15, -0.1) is 11.3 Å². The van der Waals surface area contributed by atoms with Crippen molar-refractivity contribution >= 4 is 22.9 Å². The number of rotatable bonds is 1. The Hall–Kier alpha value is -1.88. The van der Waals surface area contributed by atoms with Crippen molar-refractivity contribution in [3.63, 3.8) is 0 Å². The van der Waals surface area contributed by atoms with E-state index < -0.39 is 5.82 Å². The third-order valence-electron chi connectivity index (χ3n) is 4.05. The van der Waals surface area contributed by atoms with Crippen LogP contribution in [0.5, 0.6) is 0 Å². The molecule has 1 atom stereocenters. The van der Waals surface area contributed by atoms with E-state index in [0.29, 0.717) is 17.8 Å². The van der Waals surface area contributed by atoms with Crippen molar-refractivity contribution < 1.29 is 9.18 Å². The average molecular weight is 304 g/mol. The summed E-state index contributed by atoms with van der Waals surface area (Å²) >= 11 is 1.71. The first-order valence-corrected chi connectivity index (χ1v) is 7.80. The topological polar surface area (TPSA) is 46.3 Å². The van der Waals surface area contributed by atoms with E-state index in [2.05, 4.69) is 0 Å². The molecule has 2 N–H and O–H groups in total. The Labute approximate surface area is 127 Å². The Bertz CT molecular complexity index is 710. The summed E-state index contributed by atoms with van der Waals surface area (Å²) in [6.07, 6.45) is 0.825. The number of fused-ring (bicyclic) bond motifs is 1. The van der Waals surface area contributed by atoms with Crippen molar-refractivity contribution in [3.8, 4) is 0 Å². The third-order valence-corrected chi connectivity index (χ3v) is 5.04. The molecule has 110 valence electrons. The first-order valence-electron chi connectivity index (χ1n) is 6.92. The second-order valence-electron chi connectivity index (χ2n) is 5.42. The van der Waals surface area contributed by atoms with Crippen molar-refractivity contribution in [3.05, 3.63) is 51.0 Å². The van der Waals surface area contributed by atoms with Crippen molar-refractivity contribution in [2.75, 3.05) is 12.3 Å². The molecule has 21 heavy (non-hydrogen) atoms. The molecule has 3 nitrogen and oxygen atoms in total. The van der Waals surface area contributed by atoms with Gasteiger partial charge in [0.25, 0.3) is 5.91 Å². The fraction of sp³-hybridized carbons (Fsp3) is 0.312. The smallest absolute Gasteiger partial charge is 0.257 e. The van der Waals surface area contributed by atoms with E-state index in [1.807, 2.05) is 18.4 Å². The summed E-state index contributed by atoms with van der Waals surface area (Å²) < 4.78 is 14.2. The normalized spacial score (nSPS) is 17.7. The third kappa shape index (κ3) is 2.31. The van der Waals surface area contributed by atoms with Gasteiger partial charge < -0.3 is 10.6 Å². The Morgan fingerprint density at radius 2 is 2.24 bits per heavy atom. The predicted octanol–water partition coefficient (Wildman–Crippen LogP) is 3.54. The number of halogens is 1. The van der Waals surface area contributed by atoms with Gasteiger partial charge in [-0.3, -0.25) is 4.79 Å². The van der Waals surface area contributed by atoms with Crippen molar-refractivity contribution in [1.82, 2.24) is 4.90 Å². The second-order valence-corrected chi connectivity index (χ2v) is 6.42. The van der Waals surface area contributed by atoms with E-state index >= 15 is 0 Å². The van der Waals surface area contributed by atoms with Crippen LogP contribution in [0.3, 0.4) is 0 Å². The number of carbonyl (C=O) groups is 1. The molecule has 3 rings (SSSR count). The van der Waals surface area contributed by atoms with Crippen LogP contribution in [0.4, 0.5) is 10.1 Å². The fourth-order valence-corrected chi connectivity index (χ4v) is 3.86. The van der Waals surface area contributed by atoms with Crippen molar-refractivity contribution in [2.24, 2.45) is 0 Å². The summed E-state index contributed by atoms with van der Waals surface area (Å²) in [6, 6.07) is 4.99. The molecule has 5 heteroatoms. The quantitative estimate of drug-likeness (QED) is 0.819. The number of nitrogens with zero attached hydrogens (tertiary/aromatic N) is 1. The number of amides is 1. The number of hydrogen-bond acceptors (Lipinski definition) is 3. The molecule has 1 aromatic carbocycles. The number of nitrogens with two attached hydrogens (primary N) is 1. The van der Waals surface area contributed by atoms with Gasteiger partial charge in [0, 0.05) is 17.1 Å². The molecular weight excluding hydrogens is 287 g/mol. The number of hydrogen-bond donors (Lipinski definition) is 1. The molecule has 0 spiro atoms. The van der Waals surface area contributed by atoms with Gasteiger partial charge in [-0.2, -0.15) is 0 Å². The van der Waals surface area contributed by atoms with Crippen molar-refractivity contribution in [1.29, 1.82) is 0 Å². The number of thiophene rings is 1. The molecule has 0 bridgehead atoms. The minimum absolute atomic E-state index is 0.0337. The summed E-state index contributed by atoms with van der Waals surface area (Å²) in [5.41, 5.74) is 7.81. The Balaban J connectivity index is 1.97. The van der Waals surface area contributed by atoms with Crippen LogP contribution >= 0.6 is 11.3 Å². The molecule has 0 aliphatic carbocycles. The first-order chi connectivity index (χ1) is 9.99. The first kappa shape index (κ1) is 14.1. The van der Waals surface area contributed by atoms with E-state index in [1.54, 1.807) is 29.2 Å². The molecule has 2 heterocycles. The van der Waals surface area contributed by atoms with Gasteiger partial charge in [-0.05, 0) is 55.0 Å². The van der Waals surface area contributed by atoms with Crippen molar-refractivity contribution in [2.45, 2.75) is 26.3 Å². The van der Waals surface area contributed by atoms with Gasteiger partial charge in [0.15, 0.2) is 0 Å². The molecule has 1 aromatic heterocycles. The molecule has 1 unspecified atom stereocenters. The van der Waals surface area contributed by atoms with Gasteiger partial charge in [-0.1, -0.05) is 0 Å². The van der Waals surface area contributed by atoms with Crippen LogP contribution < -0.4 is 5.73 Å². The zero-order valence-corrected chi connectivity index (χ0v) is 12.8. The lowest BCUT2D eigenvalue weighted by atomic mass is 9.99. The Morgan fingerprint density at radius 1 is 1.48 bits per heavy atom. The molecule has 0 saturated heterocycles. The lowest BCUT2D eigenvalue weighted by Gasteiger charge is -2.34. The molecule has 0 saturated carbocycles.